The average molecular weight is 425 g/mol. The summed E-state index contributed by atoms with van der Waals surface area (Å²) < 4.78 is 11.5. The van der Waals surface area contributed by atoms with Gasteiger partial charge < -0.3 is 19.7 Å². The minimum absolute atomic E-state index is 0.0154. The molecule has 0 fully saturated rings. The highest BCUT2D eigenvalue weighted by Gasteiger charge is 2.34. The predicted molar refractivity (Wildman–Crippen MR) is 123 cm³/mol. The Morgan fingerprint density at radius 2 is 1.70 bits per heavy atom. The molecule has 30 heavy (non-hydrogen) atoms. The number of hydrogen-bond acceptors (Lipinski definition) is 4. The fourth-order valence-corrected chi connectivity index (χ4v) is 4.08. The van der Waals surface area contributed by atoms with Gasteiger partial charge in [0.05, 0.1) is 19.3 Å². The highest BCUT2D eigenvalue weighted by Crippen LogP contribution is 2.37. The molecule has 0 radical (unpaired) electrons. The summed E-state index contributed by atoms with van der Waals surface area (Å²) in [4.78, 5) is 15.5. The van der Waals surface area contributed by atoms with Gasteiger partial charge in [0, 0.05) is 23.4 Å². The number of carbonyl (C=O) groups excluding carboxylic acids is 1. The Labute approximate surface area is 183 Å². The molecule has 0 amide bonds. The lowest BCUT2D eigenvalue weighted by Crippen LogP contribution is -2.47. The number of ether oxygens (including phenoxy) is 2. The van der Waals surface area contributed by atoms with E-state index < -0.39 is 0 Å². The Balaban J connectivity index is 2.11. The maximum atomic E-state index is 13.5. The van der Waals surface area contributed by atoms with Crippen LogP contribution in [-0.4, -0.2) is 35.6 Å². The van der Waals surface area contributed by atoms with Gasteiger partial charge in [0.25, 0.3) is 0 Å². The summed E-state index contributed by atoms with van der Waals surface area (Å²) in [6, 6.07) is 14.7. The van der Waals surface area contributed by atoms with Crippen LogP contribution in [0, 0.1) is 0 Å². The molecule has 2 aromatic rings. The maximum absolute atomic E-state index is 13.5. The molecule has 0 spiro atoms. The Kier molecular flexibility index (Phi) is 7.11. The van der Waals surface area contributed by atoms with E-state index in [4.69, 9.17) is 21.7 Å². The predicted octanol–water partition coefficient (Wildman–Crippen LogP) is 4.89. The lowest BCUT2D eigenvalue weighted by atomic mass is 9.89. The van der Waals surface area contributed by atoms with Crippen molar-refractivity contribution in [3.8, 4) is 11.5 Å². The lowest BCUT2D eigenvalue weighted by molar-refractivity contribution is 0.102. The molecule has 2 aromatic carbocycles. The van der Waals surface area contributed by atoms with Crippen molar-refractivity contribution in [1.82, 2.24) is 10.2 Å². The molecule has 1 heterocycles. The molecular weight excluding hydrogens is 396 g/mol. The fraction of sp³-hybridized carbons (Fsp3) is 0.333. The monoisotopic (exact) mass is 424 g/mol. The topological polar surface area (TPSA) is 50.8 Å². The first-order valence-electron chi connectivity index (χ1n) is 10.3. The van der Waals surface area contributed by atoms with Crippen LogP contribution >= 0.6 is 12.2 Å². The number of Topliss-reactive ketones (excluding diaryl/α,β-unsaturated/α-hetero) is 1. The van der Waals surface area contributed by atoms with Crippen LogP contribution in [0.5, 0.6) is 11.5 Å². The summed E-state index contributed by atoms with van der Waals surface area (Å²) in [5.41, 5.74) is 3.10. The van der Waals surface area contributed by atoms with Crippen LogP contribution in [0.2, 0.25) is 0 Å². The molecule has 1 N–H and O–H groups in total. The summed E-state index contributed by atoms with van der Waals surface area (Å²) in [6.45, 7) is 9.60. The SMILES string of the molecule is CCOc1ccc(C2NC(=S)N(CC)C(C)=C2C(=O)c2ccccc2)cc1OCC. The average Bonchev–Trinajstić information content (AvgIpc) is 2.75. The van der Waals surface area contributed by atoms with Gasteiger partial charge in [-0.3, -0.25) is 4.79 Å². The summed E-state index contributed by atoms with van der Waals surface area (Å²) >= 11 is 5.60. The van der Waals surface area contributed by atoms with Crippen LogP contribution in [-0.2, 0) is 0 Å². The Bertz CT molecular complexity index is 956. The third-order valence-corrected chi connectivity index (χ3v) is 5.43. The molecule has 0 bridgehead atoms. The second-order valence-corrected chi connectivity index (χ2v) is 7.28. The number of nitrogens with one attached hydrogen (secondary N) is 1. The first-order valence-corrected chi connectivity index (χ1v) is 10.7. The van der Waals surface area contributed by atoms with Gasteiger partial charge >= 0.3 is 0 Å². The number of thiocarbonyl (C=S) groups is 1. The van der Waals surface area contributed by atoms with Crippen molar-refractivity contribution in [2.75, 3.05) is 19.8 Å². The summed E-state index contributed by atoms with van der Waals surface area (Å²) in [5.74, 6) is 1.33. The molecule has 158 valence electrons. The van der Waals surface area contributed by atoms with Gasteiger partial charge in [-0.1, -0.05) is 36.4 Å². The van der Waals surface area contributed by atoms with Gasteiger partial charge in [0.15, 0.2) is 22.4 Å². The van der Waals surface area contributed by atoms with Gasteiger partial charge in [-0.05, 0) is 57.6 Å². The lowest BCUT2D eigenvalue weighted by Gasteiger charge is -2.37. The number of allylic oxidation sites excluding steroid dienone is 1. The Morgan fingerprint density at radius 3 is 2.33 bits per heavy atom. The summed E-state index contributed by atoms with van der Waals surface area (Å²) in [5, 5.41) is 3.98. The molecule has 0 aromatic heterocycles. The van der Waals surface area contributed by atoms with E-state index >= 15 is 0 Å². The minimum atomic E-state index is -0.372. The summed E-state index contributed by atoms with van der Waals surface area (Å²) in [7, 11) is 0. The maximum Gasteiger partial charge on any atom is 0.193 e. The zero-order valence-electron chi connectivity index (χ0n) is 17.9. The smallest absolute Gasteiger partial charge is 0.193 e. The van der Waals surface area contributed by atoms with E-state index in [-0.39, 0.29) is 11.8 Å². The van der Waals surface area contributed by atoms with Crippen LogP contribution in [0.15, 0.2) is 59.8 Å². The van der Waals surface area contributed by atoms with E-state index in [9.17, 15) is 4.79 Å². The minimum Gasteiger partial charge on any atom is -0.490 e. The van der Waals surface area contributed by atoms with Crippen molar-refractivity contribution in [3.63, 3.8) is 0 Å². The molecule has 1 aliphatic rings. The molecule has 1 unspecified atom stereocenters. The van der Waals surface area contributed by atoms with Gasteiger partial charge in [-0.15, -0.1) is 0 Å². The zero-order valence-corrected chi connectivity index (χ0v) is 18.7. The molecule has 1 atom stereocenters. The first-order chi connectivity index (χ1) is 14.5. The standard InChI is InChI=1S/C24H28N2O3S/c1-5-26-16(4)21(23(27)17-11-9-8-10-12-17)22(25-24(26)30)18-13-14-19(28-6-2)20(15-18)29-7-3/h8-15,22H,5-7H2,1-4H3,(H,25,30). The van der Waals surface area contributed by atoms with Crippen molar-refractivity contribution >= 4 is 23.1 Å². The van der Waals surface area contributed by atoms with Crippen molar-refractivity contribution in [1.29, 1.82) is 0 Å². The van der Waals surface area contributed by atoms with E-state index in [1.807, 2.05) is 81.1 Å². The molecular formula is C24H28N2O3S. The molecule has 0 saturated heterocycles. The van der Waals surface area contributed by atoms with Crippen molar-refractivity contribution in [3.05, 3.63) is 70.9 Å². The fourth-order valence-electron chi connectivity index (χ4n) is 3.70. The van der Waals surface area contributed by atoms with Gasteiger partial charge in [0.1, 0.15) is 0 Å². The third-order valence-electron chi connectivity index (χ3n) is 5.09. The molecule has 0 saturated carbocycles. The first kappa shape index (κ1) is 21.8. The Morgan fingerprint density at radius 1 is 1.03 bits per heavy atom. The largest absolute Gasteiger partial charge is 0.490 e. The van der Waals surface area contributed by atoms with Gasteiger partial charge in [-0.25, -0.2) is 0 Å². The second-order valence-electron chi connectivity index (χ2n) is 6.89. The van der Waals surface area contributed by atoms with E-state index in [0.717, 1.165) is 11.3 Å². The zero-order chi connectivity index (χ0) is 21.7. The molecule has 6 heteroatoms. The number of benzene rings is 2. The van der Waals surface area contributed by atoms with Crippen LogP contribution in [0.3, 0.4) is 0 Å². The van der Waals surface area contributed by atoms with Crippen LogP contribution in [0.4, 0.5) is 0 Å². The number of ketones is 1. The molecule has 5 nitrogen and oxygen atoms in total. The summed E-state index contributed by atoms with van der Waals surface area (Å²) in [6.07, 6.45) is 0. The Hall–Kier alpha value is -2.86. The molecule has 3 rings (SSSR count). The van der Waals surface area contributed by atoms with Crippen molar-refractivity contribution < 1.29 is 14.3 Å². The normalized spacial score (nSPS) is 16.3. The van der Waals surface area contributed by atoms with E-state index in [2.05, 4.69) is 5.32 Å². The van der Waals surface area contributed by atoms with E-state index in [0.29, 0.717) is 47.5 Å². The van der Waals surface area contributed by atoms with Gasteiger partial charge in [0.2, 0.25) is 0 Å². The van der Waals surface area contributed by atoms with Crippen LogP contribution in [0.25, 0.3) is 0 Å². The number of rotatable bonds is 8. The van der Waals surface area contributed by atoms with E-state index in [1.54, 1.807) is 0 Å². The van der Waals surface area contributed by atoms with Crippen LogP contribution in [0.1, 0.15) is 49.7 Å². The highest BCUT2D eigenvalue weighted by molar-refractivity contribution is 7.80. The second kappa shape index (κ2) is 9.76. The quantitative estimate of drug-likeness (QED) is 0.481. The van der Waals surface area contributed by atoms with Crippen molar-refractivity contribution in [2.24, 2.45) is 0 Å². The third kappa shape index (κ3) is 4.33. The van der Waals surface area contributed by atoms with E-state index in [1.165, 1.54) is 0 Å². The van der Waals surface area contributed by atoms with Crippen LogP contribution < -0.4 is 14.8 Å². The molecule has 1 aliphatic heterocycles. The highest BCUT2D eigenvalue weighted by atomic mass is 32.1. The molecule has 0 aliphatic carbocycles. The number of carbonyl (C=O) groups is 1. The number of nitrogens with zero attached hydrogens (tertiary/aromatic N) is 1. The van der Waals surface area contributed by atoms with Crippen molar-refractivity contribution in [2.45, 2.75) is 33.7 Å². The van der Waals surface area contributed by atoms with Gasteiger partial charge in [-0.2, -0.15) is 0 Å². The number of hydrogen-bond donors (Lipinski definition) is 1.